The maximum Gasteiger partial charge on any atom is 0.323 e. The third-order valence-electron chi connectivity index (χ3n) is 5.31. The van der Waals surface area contributed by atoms with E-state index in [1.54, 1.807) is 37.4 Å². The Bertz CT molecular complexity index is 1100. The molecule has 3 aromatic rings. The molecule has 0 aromatic heterocycles. The highest BCUT2D eigenvalue weighted by molar-refractivity contribution is 6.06. The number of ether oxygens (including phenoxy) is 1. The van der Waals surface area contributed by atoms with Crippen LogP contribution in [0.25, 0.3) is 0 Å². The van der Waals surface area contributed by atoms with Gasteiger partial charge in [-0.15, -0.1) is 0 Å². The molecule has 7 nitrogen and oxygen atoms in total. The first-order valence-electron chi connectivity index (χ1n) is 10.6. The van der Waals surface area contributed by atoms with Crippen LogP contribution in [-0.4, -0.2) is 32.1 Å². The number of hydrogen-bond donors (Lipinski definition) is 3. The lowest BCUT2D eigenvalue weighted by molar-refractivity contribution is 0.102. The highest BCUT2D eigenvalue weighted by Crippen LogP contribution is 2.32. The van der Waals surface area contributed by atoms with Crippen molar-refractivity contribution in [3.8, 4) is 5.75 Å². The summed E-state index contributed by atoms with van der Waals surface area (Å²) in [5.41, 5.74) is 3.37. The van der Waals surface area contributed by atoms with E-state index in [9.17, 15) is 9.59 Å². The number of carbonyl (C=O) groups excluding carboxylic acids is 2. The Labute approximate surface area is 187 Å². The lowest BCUT2D eigenvalue weighted by atomic mass is 10.2. The number of amides is 3. The Morgan fingerprint density at radius 2 is 1.56 bits per heavy atom. The zero-order chi connectivity index (χ0) is 22.3. The van der Waals surface area contributed by atoms with Gasteiger partial charge in [-0.25, -0.2) is 4.79 Å². The molecule has 1 saturated heterocycles. The second-order valence-electron chi connectivity index (χ2n) is 7.56. The second kappa shape index (κ2) is 9.87. The van der Waals surface area contributed by atoms with Gasteiger partial charge in [0.1, 0.15) is 5.75 Å². The summed E-state index contributed by atoms with van der Waals surface area (Å²) < 4.78 is 5.21. The first-order valence-corrected chi connectivity index (χ1v) is 10.6. The predicted octanol–water partition coefficient (Wildman–Crippen LogP) is 5.19. The summed E-state index contributed by atoms with van der Waals surface area (Å²) in [5.74, 6) is 0.456. The first kappa shape index (κ1) is 21.2. The molecular formula is C25H26N4O3. The van der Waals surface area contributed by atoms with E-state index in [1.807, 2.05) is 42.5 Å². The second-order valence-corrected chi connectivity index (χ2v) is 7.56. The van der Waals surface area contributed by atoms with Crippen LogP contribution in [-0.2, 0) is 0 Å². The molecule has 1 fully saturated rings. The van der Waals surface area contributed by atoms with Crippen molar-refractivity contribution < 1.29 is 14.3 Å². The van der Waals surface area contributed by atoms with Gasteiger partial charge in [-0.1, -0.05) is 24.3 Å². The minimum absolute atomic E-state index is 0.202. The van der Waals surface area contributed by atoms with Crippen molar-refractivity contribution in [1.29, 1.82) is 0 Å². The molecule has 32 heavy (non-hydrogen) atoms. The van der Waals surface area contributed by atoms with Gasteiger partial charge in [0.05, 0.1) is 18.5 Å². The largest absolute Gasteiger partial charge is 0.497 e. The molecule has 0 radical (unpaired) electrons. The minimum Gasteiger partial charge on any atom is -0.497 e. The number of nitrogens with one attached hydrogen (secondary N) is 3. The highest BCUT2D eigenvalue weighted by Gasteiger charge is 2.18. The topological polar surface area (TPSA) is 82.7 Å². The third kappa shape index (κ3) is 5.18. The molecule has 0 aliphatic carbocycles. The fourth-order valence-electron chi connectivity index (χ4n) is 3.73. The van der Waals surface area contributed by atoms with Gasteiger partial charge in [-0.3, -0.25) is 4.79 Å². The normalized spacial score (nSPS) is 12.8. The van der Waals surface area contributed by atoms with Gasteiger partial charge in [-0.2, -0.15) is 0 Å². The van der Waals surface area contributed by atoms with Crippen LogP contribution in [0, 0.1) is 0 Å². The van der Waals surface area contributed by atoms with Crippen LogP contribution in [0.3, 0.4) is 0 Å². The van der Waals surface area contributed by atoms with E-state index in [0.717, 1.165) is 31.6 Å². The van der Waals surface area contributed by atoms with E-state index < -0.39 is 0 Å². The van der Waals surface area contributed by atoms with Gasteiger partial charge in [0.25, 0.3) is 5.91 Å². The third-order valence-corrected chi connectivity index (χ3v) is 5.31. The van der Waals surface area contributed by atoms with Crippen LogP contribution < -0.4 is 25.6 Å². The molecule has 0 unspecified atom stereocenters. The van der Waals surface area contributed by atoms with Gasteiger partial charge in [0.15, 0.2) is 0 Å². The summed E-state index contributed by atoms with van der Waals surface area (Å²) in [6, 6.07) is 21.4. The fraction of sp³-hybridized carbons (Fsp3) is 0.200. The van der Waals surface area contributed by atoms with Crippen molar-refractivity contribution in [3.05, 3.63) is 78.4 Å². The Balaban J connectivity index is 1.54. The maximum atomic E-state index is 12.7. The SMILES string of the molecule is COc1cccc(NC(=O)Nc2cc(NC(=O)c3ccccc3)ccc2N2CCCC2)c1. The minimum atomic E-state index is -0.370. The molecule has 3 N–H and O–H groups in total. The molecule has 0 spiro atoms. The number of rotatable bonds is 6. The fourth-order valence-corrected chi connectivity index (χ4v) is 3.73. The van der Waals surface area contributed by atoms with Crippen LogP contribution in [0.2, 0.25) is 0 Å². The number of benzene rings is 3. The molecule has 164 valence electrons. The summed E-state index contributed by atoms with van der Waals surface area (Å²) in [7, 11) is 1.58. The van der Waals surface area contributed by atoms with Crippen molar-refractivity contribution in [2.45, 2.75) is 12.8 Å². The summed E-state index contributed by atoms with van der Waals surface area (Å²) in [6.07, 6.45) is 2.23. The van der Waals surface area contributed by atoms with E-state index in [1.165, 1.54) is 0 Å². The molecule has 4 rings (SSSR count). The summed E-state index contributed by atoms with van der Waals surface area (Å²) in [4.78, 5) is 27.5. The van der Waals surface area contributed by atoms with E-state index in [4.69, 9.17) is 4.74 Å². The lowest BCUT2D eigenvalue weighted by Gasteiger charge is -2.22. The van der Waals surface area contributed by atoms with Gasteiger partial charge in [0, 0.05) is 36.1 Å². The molecular weight excluding hydrogens is 404 g/mol. The summed E-state index contributed by atoms with van der Waals surface area (Å²) in [5, 5.41) is 8.68. The zero-order valence-electron chi connectivity index (χ0n) is 17.9. The standard InChI is InChI=1S/C25H26N4O3/c1-32-21-11-7-10-19(16-21)27-25(31)28-22-17-20(12-13-23(22)29-14-5-6-15-29)26-24(30)18-8-3-2-4-9-18/h2-4,7-13,16-17H,5-6,14-15H2,1H3,(H,26,30)(H2,27,28,31). The highest BCUT2D eigenvalue weighted by atomic mass is 16.5. The van der Waals surface area contributed by atoms with Gasteiger partial charge >= 0.3 is 6.03 Å². The van der Waals surface area contributed by atoms with Gasteiger partial charge in [-0.05, 0) is 55.3 Å². The number of urea groups is 1. The average Bonchev–Trinajstić information content (AvgIpc) is 3.34. The molecule has 0 bridgehead atoms. The zero-order valence-corrected chi connectivity index (χ0v) is 17.9. The molecule has 3 aromatic carbocycles. The van der Waals surface area contributed by atoms with E-state index in [2.05, 4.69) is 20.9 Å². The molecule has 7 heteroatoms. The Hall–Kier alpha value is -4.00. The monoisotopic (exact) mass is 430 g/mol. The quantitative estimate of drug-likeness (QED) is 0.502. The van der Waals surface area contributed by atoms with Crippen molar-refractivity contribution in [3.63, 3.8) is 0 Å². The number of methoxy groups -OCH3 is 1. The van der Waals surface area contributed by atoms with Crippen LogP contribution in [0.4, 0.5) is 27.5 Å². The predicted molar refractivity (Wildman–Crippen MR) is 128 cm³/mol. The number of hydrogen-bond acceptors (Lipinski definition) is 4. The van der Waals surface area contributed by atoms with E-state index in [0.29, 0.717) is 28.4 Å². The number of carbonyl (C=O) groups is 2. The molecule has 0 atom stereocenters. The smallest absolute Gasteiger partial charge is 0.323 e. The van der Waals surface area contributed by atoms with Crippen molar-refractivity contribution in [2.24, 2.45) is 0 Å². The number of nitrogens with zero attached hydrogens (tertiary/aromatic N) is 1. The maximum absolute atomic E-state index is 12.7. The lowest BCUT2D eigenvalue weighted by Crippen LogP contribution is -2.24. The summed E-state index contributed by atoms with van der Waals surface area (Å²) >= 11 is 0. The van der Waals surface area contributed by atoms with Gasteiger partial charge in [0.2, 0.25) is 0 Å². The van der Waals surface area contributed by atoms with Gasteiger partial charge < -0.3 is 25.6 Å². The summed E-state index contributed by atoms with van der Waals surface area (Å²) in [6.45, 7) is 1.86. The Morgan fingerprint density at radius 1 is 0.812 bits per heavy atom. The molecule has 1 aliphatic heterocycles. The van der Waals surface area contributed by atoms with E-state index >= 15 is 0 Å². The van der Waals surface area contributed by atoms with E-state index in [-0.39, 0.29) is 11.9 Å². The average molecular weight is 431 g/mol. The Morgan fingerprint density at radius 3 is 2.31 bits per heavy atom. The van der Waals surface area contributed by atoms with Crippen LogP contribution in [0.5, 0.6) is 5.75 Å². The molecule has 1 heterocycles. The van der Waals surface area contributed by atoms with Crippen molar-refractivity contribution in [2.75, 3.05) is 41.0 Å². The van der Waals surface area contributed by atoms with Crippen LogP contribution >= 0.6 is 0 Å². The first-order chi connectivity index (χ1) is 15.6. The number of anilines is 4. The molecule has 0 saturated carbocycles. The van der Waals surface area contributed by atoms with Crippen LogP contribution in [0.15, 0.2) is 72.8 Å². The Kier molecular flexibility index (Phi) is 6.55. The van der Waals surface area contributed by atoms with Crippen LogP contribution in [0.1, 0.15) is 23.2 Å². The molecule has 1 aliphatic rings. The van der Waals surface area contributed by atoms with Crippen molar-refractivity contribution >= 4 is 34.7 Å². The molecule has 3 amide bonds. The van der Waals surface area contributed by atoms with Crippen molar-refractivity contribution in [1.82, 2.24) is 0 Å².